The average Bonchev–Trinajstić information content (AvgIpc) is 2.90. The van der Waals surface area contributed by atoms with E-state index in [1.807, 2.05) is 0 Å². The van der Waals surface area contributed by atoms with Crippen LogP contribution in [-0.2, 0) is 11.3 Å². The third kappa shape index (κ3) is 3.85. The molecule has 1 fully saturated rings. The van der Waals surface area contributed by atoms with Crippen LogP contribution in [0.25, 0.3) is 6.08 Å². The zero-order chi connectivity index (χ0) is 19.6. The second kappa shape index (κ2) is 7.38. The first-order chi connectivity index (χ1) is 12.9. The van der Waals surface area contributed by atoms with Gasteiger partial charge in [-0.3, -0.25) is 34.7 Å². The molecule has 10 heteroatoms. The van der Waals surface area contributed by atoms with E-state index in [9.17, 15) is 29.8 Å². The van der Waals surface area contributed by atoms with Crippen LogP contribution < -0.4 is 0 Å². The fraction of sp³-hybridized carbons (Fsp3) is 0.0588. The molecule has 2 aromatic carbocycles. The van der Waals surface area contributed by atoms with Crippen molar-refractivity contribution in [2.75, 3.05) is 0 Å². The molecule has 3 rings (SSSR count). The molecule has 136 valence electrons. The van der Waals surface area contributed by atoms with Crippen LogP contribution in [0.15, 0.2) is 53.4 Å². The highest BCUT2D eigenvalue weighted by Gasteiger charge is 2.36. The molecular weight excluding hydrogens is 374 g/mol. The summed E-state index contributed by atoms with van der Waals surface area (Å²) in [7, 11) is 0. The van der Waals surface area contributed by atoms with E-state index in [0.717, 1.165) is 4.90 Å². The van der Waals surface area contributed by atoms with Gasteiger partial charge in [0.25, 0.3) is 22.5 Å². The van der Waals surface area contributed by atoms with Crippen molar-refractivity contribution in [3.8, 4) is 0 Å². The summed E-state index contributed by atoms with van der Waals surface area (Å²) in [5.41, 5.74) is 0.519. The number of amides is 2. The molecule has 0 saturated carbocycles. The average molecular weight is 385 g/mol. The number of benzene rings is 2. The molecule has 0 unspecified atom stereocenters. The van der Waals surface area contributed by atoms with Gasteiger partial charge in [-0.1, -0.05) is 18.2 Å². The van der Waals surface area contributed by atoms with Gasteiger partial charge in [-0.05, 0) is 35.5 Å². The third-order valence-electron chi connectivity index (χ3n) is 3.79. The standard InChI is InChI=1S/C17H11N3O6S/c21-16-15(9-11-5-7-13(8-6-11)19(23)24)27-17(22)18(16)10-12-3-1-2-4-14(12)20(25)26/h1-9H,10H2/b15-9+. The van der Waals surface area contributed by atoms with E-state index in [-0.39, 0.29) is 28.4 Å². The van der Waals surface area contributed by atoms with Gasteiger partial charge in [0, 0.05) is 23.8 Å². The number of non-ortho nitro benzene ring substituents is 1. The van der Waals surface area contributed by atoms with Gasteiger partial charge in [-0.25, -0.2) is 0 Å². The van der Waals surface area contributed by atoms with Crippen LogP contribution in [-0.4, -0.2) is 25.9 Å². The molecule has 2 aromatic rings. The summed E-state index contributed by atoms with van der Waals surface area (Å²) >= 11 is 0.715. The first kappa shape index (κ1) is 18.3. The number of nitro benzene ring substituents is 2. The Hall–Kier alpha value is -3.53. The molecule has 1 saturated heterocycles. The minimum Gasteiger partial charge on any atom is -0.268 e. The lowest BCUT2D eigenvalue weighted by atomic mass is 10.1. The van der Waals surface area contributed by atoms with Crippen LogP contribution >= 0.6 is 11.8 Å². The maximum absolute atomic E-state index is 12.5. The van der Waals surface area contributed by atoms with E-state index in [4.69, 9.17) is 0 Å². The minimum atomic E-state index is -0.568. The van der Waals surface area contributed by atoms with E-state index in [1.165, 1.54) is 48.5 Å². The van der Waals surface area contributed by atoms with Gasteiger partial charge >= 0.3 is 0 Å². The molecule has 2 amide bonds. The van der Waals surface area contributed by atoms with Crippen molar-refractivity contribution in [3.05, 3.63) is 84.8 Å². The van der Waals surface area contributed by atoms with Crippen LogP contribution in [0.3, 0.4) is 0 Å². The number of nitro groups is 2. The Morgan fingerprint density at radius 3 is 2.26 bits per heavy atom. The van der Waals surface area contributed by atoms with Crippen molar-refractivity contribution in [3.63, 3.8) is 0 Å². The second-order valence-electron chi connectivity index (χ2n) is 5.50. The number of hydrogen-bond donors (Lipinski definition) is 0. The normalized spacial score (nSPS) is 15.4. The molecule has 27 heavy (non-hydrogen) atoms. The maximum Gasteiger partial charge on any atom is 0.293 e. The predicted molar refractivity (Wildman–Crippen MR) is 97.7 cm³/mol. The van der Waals surface area contributed by atoms with Gasteiger partial charge in [0.1, 0.15) is 0 Å². The zero-order valence-corrected chi connectivity index (χ0v) is 14.4. The first-order valence-electron chi connectivity index (χ1n) is 7.59. The molecule has 0 atom stereocenters. The lowest BCUT2D eigenvalue weighted by Crippen LogP contribution is -2.27. The Morgan fingerprint density at radius 1 is 0.963 bits per heavy atom. The molecule has 9 nitrogen and oxygen atoms in total. The highest BCUT2D eigenvalue weighted by atomic mass is 32.2. The number of carbonyl (C=O) groups is 2. The summed E-state index contributed by atoms with van der Waals surface area (Å²) in [6, 6.07) is 11.4. The molecule has 1 heterocycles. The van der Waals surface area contributed by atoms with Crippen LogP contribution in [0.1, 0.15) is 11.1 Å². The van der Waals surface area contributed by atoms with Crippen molar-refractivity contribution in [2.24, 2.45) is 0 Å². The van der Waals surface area contributed by atoms with Gasteiger partial charge < -0.3 is 0 Å². The second-order valence-corrected chi connectivity index (χ2v) is 6.50. The van der Waals surface area contributed by atoms with E-state index < -0.39 is 21.0 Å². The van der Waals surface area contributed by atoms with E-state index >= 15 is 0 Å². The number of nitrogens with zero attached hydrogens (tertiary/aromatic N) is 3. The summed E-state index contributed by atoms with van der Waals surface area (Å²) in [5, 5.41) is 21.2. The van der Waals surface area contributed by atoms with E-state index in [0.29, 0.717) is 17.3 Å². The van der Waals surface area contributed by atoms with Crippen molar-refractivity contribution in [1.82, 2.24) is 4.90 Å². The summed E-state index contributed by atoms with van der Waals surface area (Å²) in [6.07, 6.45) is 1.45. The zero-order valence-electron chi connectivity index (χ0n) is 13.6. The fourth-order valence-electron chi connectivity index (χ4n) is 2.47. The van der Waals surface area contributed by atoms with Gasteiger partial charge in [0.2, 0.25) is 0 Å². The lowest BCUT2D eigenvalue weighted by molar-refractivity contribution is -0.385. The summed E-state index contributed by atoms with van der Waals surface area (Å²) < 4.78 is 0. The Bertz CT molecular complexity index is 986. The molecule has 0 N–H and O–H groups in total. The van der Waals surface area contributed by atoms with E-state index in [1.54, 1.807) is 6.07 Å². The van der Waals surface area contributed by atoms with Crippen LogP contribution in [0.5, 0.6) is 0 Å². The molecule has 1 aliphatic heterocycles. The summed E-state index contributed by atoms with van der Waals surface area (Å²) in [4.78, 5) is 46.4. The molecule has 0 spiro atoms. The molecule has 0 radical (unpaired) electrons. The monoisotopic (exact) mass is 385 g/mol. The number of rotatable bonds is 5. The van der Waals surface area contributed by atoms with Crippen molar-refractivity contribution in [1.29, 1.82) is 0 Å². The van der Waals surface area contributed by atoms with Gasteiger partial charge in [0.15, 0.2) is 0 Å². The molecular formula is C17H11N3O6S. The van der Waals surface area contributed by atoms with Crippen LogP contribution in [0.4, 0.5) is 16.2 Å². The Morgan fingerprint density at radius 2 is 1.63 bits per heavy atom. The SMILES string of the molecule is O=C1S/C(=C/c2ccc([N+](=O)[O-])cc2)C(=O)N1Cc1ccccc1[N+](=O)[O-]. The third-order valence-corrected chi connectivity index (χ3v) is 4.70. The molecule has 0 aliphatic carbocycles. The molecule has 1 aliphatic rings. The minimum absolute atomic E-state index is 0.0864. The van der Waals surface area contributed by atoms with Gasteiger partial charge in [0.05, 0.1) is 21.3 Å². The Balaban J connectivity index is 1.83. The summed E-state index contributed by atoms with van der Waals surface area (Å²) in [6.45, 7) is -0.209. The number of para-hydroxylation sites is 1. The van der Waals surface area contributed by atoms with E-state index in [2.05, 4.69) is 0 Å². The van der Waals surface area contributed by atoms with Crippen molar-refractivity contribution in [2.45, 2.75) is 6.54 Å². The number of thioether (sulfide) groups is 1. The number of imide groups is 1. The lowest BCUT2D eigenvalue weighted by Gasteiger charge is -2.12. The molecule has 0 bridgehead atoms. The van der Waals surface area contributed by atoms with Crippen LogP contribution in [0.2, 0.25) is 0 Å². The number of carbonyl (C=O) groups excluding carboxylic acids is 2. The van der Waals surface area contributed by atoms with Gasteiger partial charge in [-0.15, -0.1) is 0 Å². The number of hydrogen-bond acceptors (Lipinski definition) is 7. The largest absolute Gasteiger partial charge is 0.293 e. The maximum atomic E-state index is 12.5. The Labute approximate surface area is 156 Å². The van der Waals surface area contributed by atoms with Gasteiger partial charge in [-0.2, -0.15) is 0 Å². The summed E-state index contributed by atoms with van der Waals surface area (Å²) in [5.74, 6) is -0.568. The highest BCUT2D eigenvalue weighted by Crippen LogP contribution is 2.34. The van der Waals surface area contributed by atoms with Crippen molar-refractivity contribution < 1.29 is 19.4 Å². The van der Waals surface area contributed by atoms with Crippen molar-refractivity contribution >= 4 is 40.4 Å². The topological polar surface area (TPSA) is 124 Å². The molecule has 0 aromatic heterocycles. The predicted octanol–water partition coefficient (Wildman–Crippen LogP) is 3.74. The Kier molecular flexibility index (Phi) is 4.99. The highest BCUT2D eigenvalue weighted by molar-refractivity contribution is 8.18. The quantitative estimate of drug-likeness (QED) is 0.436. The smallest absolute Gasteiger partial charge is 0.268 e. The fourth-order valence-corrected chi connectivity index (χ4v) is 3.31. The van der Waals surface area contributed by atoms with Crippen LogP contribution in [0, 0.1) is 20.2 Å². The first-order valence-corrected chi connectivity index (χ1v) is 8.40.